The van der Waals surface area contributed by atoms with Gasteiger partial charge in [-0.2, -0.15) is 4.37 Å². The van der Waals surface area contributed by atoms with E-state index < -0.39 is 5.91 Å². The summed E-state index contributed by atoms with van der Waals surface area (Å²) in [7, 11) is 0. The quantitative estimate of drug-likeness (QED) is 0.474. The molecule has 164 valence electrons. The molecular weight excluding hydrogens is 442 g/mol. The first-order chi connectivity index (χ1) is 15.5. The molecule has 0 bridgehead atoms. The number of pyridine rings is 1. The van der Waals surface area contributed by atoms with Gasteiger partial charge in [0.15, 0.2) is 0 Å². The summed E-state index contributed by atoms with van der Waals surface area (Å²) in [5.41, 5.74) is 15.5. The molecule has 1 fully saturated rings. The molecule has 3 aromatic heterocycles. The SMILES string of the molecule is Cc1nsc(-c2ccc(N3CCCN(c4ccnc5sc(C(N)=O)c(N)c45)CC3)cc2)n1. The maximum Gasteiger partial charge on any atom is 0.260 e. The highest BCUT2D eigenvalue weighted by Gasteiger charge is 2.22. The van der Waals surface area contributed by atoms with Crippen LogP contribution in [0.1, 0.15) is 21.9 Å². The topological polar surface area (TPSA) is 114 Å². The number of carbonyl (C=O) groups is 1. The molecule has 1 amide bonds. The molecule has 4 N–H and O–H groups in total. The molecule has 4 heterocycles. The predicted octanol–water partition coefficient (Wildman–Crippen LogP) is 3.52. The van der Waals surface area contributed by atoms with E-state index in [1.807, 2.05) is 13.0 Å². The number of nitrogens with two attached hydrogens (primary N) is 2. The van der Waals surface area contributed by atoms with Crippen molar-refractivity contribution in [2.24, 2.45) is 5.73 Å². The molecule has 5 rings (SSSR count). The molecule has 0 atom stereocenters. The molecule has 0 aliphatic carbocycles. The highest BCUT2D eigenvalue weighted by molar-refractivity contribution is 7.21. The summed E-state index contributed by atoms with van der Waals surface area (Å²) >= 11 is 2.68. The van der Waals surface area contributed by atoms with E-state index in [1.54, 1.807) is 6.20 Å². The number of thiophene rings is 1. The van der Waals surface area contributed by atoms with E-state index in [4.69, 9.17) is 11.5 Å². The molecule has 10 heteroatoms. The summed E-state index contributed by atoms with van der Waals surface area (Å²) < 4.78 is 4.27. The molecule has 0 radical (unpaired) electrons. The summed E-state index contributed by atoms with van der Waals surface area (Å²) in [5.74, 6) is 0.298. The third-order valence-electron chi connectivity index (χ3n) is 5.67. The number of carbonyl (C=O) groups excluding carboxylic acids is 1. The number of rotatable bonds is 4. The lowest BCUT2D eigenvalue weighted by Gasteiger charge is -2.25. The van der Waals surface area contributed by atoms with Gasteiger partial charge < -0.3 is 21.3 Å². The lowest BCUT2D eigenvalue weighted by molar-refractivity contribution is 0.100. The second-order valence-corrected chi connectivity index (χ2v) is 9.49. The Labute approximate surface area is 193 Å². The fourth-order valence-corrected chi connectivity index (χ4v) is 5.73. The zero-order chi connectivity index (χ0) is 22.2. The minimum atomic E-state index is -0.509. The van der Waals surface area contributed by atoms with Gasteiger partial charge in [0.25, 0.3) is 5.91 Å². The van der Waals surface area contributed by atoms with E-state index in [2.05, 4.69) is 48.4 Å². The van der Waals surface area contributed by atoms with Gasteiger partial charge in [-0.3, -0.25) is 4.79 Å². The molecule has 8 nitrogen and oxygen atoms in total. The molecular formula is C22H23N7OS2. The second-order valence-electron chi connectivity index (χ2n) is 7.74. The van der Waals surface area contributed by atoms with Crippen LogP contribution in [-0.2, 0) is 0 Å². The number of nitrogens with zero attached hydrogens (tertiary/aromatic N) is 5. The van der Waals surface area contributed by atoms with Crippen LogP contribution in [0.3, 0.4) is 0 Å². The third kappa shape index (κ3) is 3.76. The standard InChI is InChI=1S/C22H23N7OS2/c1-13-26-21(32-27-13)14-3-5-15(6-4-14)28-9-2-10-29(12-11-28)16-7-8-25-22-17(16)18(23)19(31-22)20(24)30/h3-8H,2,9-12,23H2,1H3,(H2,24,30). The number of anilines is 3. The molecule has 1 aromatic carbocycles. The van der Waals surface area contributed by atoms with Crippen molar-refractivity contribution in [3.05, 3.63) is 47.2 Å². The summed E-state index contributed by atoms with van der Waals surface area (Å²) in [6.07, 6.45) is 2.78. The maximum absolute atomic E-state index is 11.7. The largest absolute Gasteiger partial charge is 0.397 e. The van der Waals surface area contributed by atoms with E-state index in [9.17, 15) is 4.79 Å². The first-order valence-electron chi connectivity index (χ1n) is 10.4. The van der Waals surface area contributed by atoms with Crippen LogP contribution in [0, 0.1) is 6.92 Å². The van der Waals surface area contributed by atoms with Crippen LogP contribution in [0.15, 0.2) is 36.5 Å². The third-order valence-corrected chi connectivity index (χ3v) is 7.66. The first-order valence-corrected chi connectivity index (χ1v) is 12.0. The average molecular weight is 466 g/mol. The minimum absolute atomic E-state index is 0.377. The average Bonchev–Trinajstić information content (AvgIpc) is 3.28. The number of hydrogen-bond acceptors (Lipinski definition) is 9. The smallest absolute Gasteiger partial charge is 0.260 e. The molecule has 1 aliphatic heterocycles. The van der Waals surface area contributed by atoms with Gasteiger partial charge in [-0.15, -0.1) is 11.3 Å². The highest BCUT2D eigenvalue weighted by Crippen LogP contribution is 2.38. The predicted molar refractivity (Wildman–Crippen MR) is 132 cm³/mol. The number of nitrogen functional groups attached to an aromatic ring is 1. The maximum atomic E-state index is 11.7. The summed E-state index contributed by atoms with van der Waals surface area (Å²) in [5, 5.41) is 1.78. The zero-order valence-electron chi connectivity index (χ0n) is 17.6. The second kappa shape index (κ2) is 8.36. The van der Waals surface area contributed by atoms with Crippen LogP contribution >= 0.6 is 22.9 Å². The number of amides is 1. The molecule has 32 heavy (non-hydrogen) atoms. The fraction of sp³-hybridized carbons (Fsp3) is 0.273. The molecule has 0 saturated carbocycles. The Balaban J connectivity index is 1.36. The Kier molecular flexibility index (Phi) is 5.40. The highest BCUT2D eigenvalue weighted by atomic mass is 32.1. The fourth-order valence-electron chi connectivity index (χ4n) is 4.12. The Morgan fingerprint density at radius 1 is 1.06 bits per heavy atom. The number of aromatic nitrogens is 3. The number of fused-ring (bicyclic) bond motifs is 1. The summed E-state index contributed by atoms with van der Waals surface area (Å²) in [4.78, 5) is 26.5. The van der Waals surface area contributed by atoms with Gasteiger partial charge in [0.2, 0.25) is 0 Å². The van der Waals surface area contributed by atoms with E-state index >= 15 is 0 Å². The van der Waals surface area contributed by atoms with Crippen molar-refractivity contribution >= 4 is 56.1 Å². The Bertz CT molecular complexity index is 1280. The van der Waals surface area contributed by atoms with E-state index in [1.165, 1.54) is 28.6 Å². The zero-order valence-corrected chi connectivity index (χ0v) is 19.2. The number of primary amides is 1. The van der Waals surface area contributed by atoms with Crippen molar-refractivity contribution in [3.8, 4) is 10.6 Å². The lowest BCUT2D eigenvalue weighted by atomic mass is 10.2. The molecule has 0 spiro atoms. The van der Waals surface area contributed by atoms with Crippen LogP contribution in [0.5, 0.6) is 0 Å². The van der Waals surface area contributed by atoms with Crippen LogP contribution in [0.4, 0.5) is 17.1 Å². The van der Waals surface area contributed by atoms with Gasteiger partial charge in [-0.25, -0.2) is 9.97 Å². The van der Waals surface area contributed by atoms with Crippen molar-refractivity contribution < 1.29 is 4.79 Å². The van der Waals surface area contributed by atoms with E-state index in [-0.39, 0.29) is 0 Å². The van der Waals surface area contributed by atoms with Gasteiger partial charge in [0, 0.05) is 43.6 Å². The minimum Gasteiger partial charge on any atom is -0.397 e. The van der Waals surface area contributed by atoms with Crippen molar-refractivity contribution in [2.75, 3.05) is 41.7 Å². The number of benzene rings is 1. The monoisotopic (exact) mass is 465 g/mol. The van der Waals surface area contributed by atoms with Gasteiger partial charge in [-0.1, -0.05) is 0 Å². The van der Waals surface area contributed by atoms with Gasteiger partial charge in [0.1, 0.15) is 20.5 Å². The molecule has 1 saturated heterocycles. The van der Waals surface area contributed by atoms with Crippen molar-refractivity contribution in [1.29, 1.82) is 0 Å². The van der Waals surface area contributed by atoms with Gasteiger partial charge >= 0.3 is 0 Å². The lowest BCUT2D eigenvalue weighted by Crippen LogP contribution is -2.30. The Morgan fingerprint density at radius 3 is 2.53 bits per heavy atom. The van der Waals surface area contributed by atoms with Gasteiger partial charge in [0.05, 0.1) is 16.8 Å². The van der Waals surface area contributed by atoms with Crippen molar-refractivity contribution in [2.45, 2.75) is 13.3 Å². The molecule has 0 unspecified atom stereocenters. The van der Waals surface area contributed by atoms with Crippen LogP contribution in [-0.4, -0.2) is 46.4 Å². The normalized spacial score (nSPS) is 14.7. The summed E-state index contributed by atoms with van der Waals surface area (Å²) in [6, 6.07) is 10.5. The van der Waals surface area contributed by atoms with E-state index in [0.717, 1.165) is 64.9 Å². The first kappa shape index (κ1) is 20.7. The number of hydrogen-bond donors (Lipinski definition) is 2. The van der Waals surface area contributed by atoms with Crippen LogP contribution in [0.2, 0.25) is 0 Å². The van der Waals surface area contributed by atoms with Crippen LogP contribution in [0.25, 0.3) is 20.8 Å². The Morgan fingerprint density at radius 2 is 1.81 bits per heavy atom. The van der Waals surface area contributed by atoms with Crippen molar-refractivity contribution in [3.63, 3.8) is 0 Å². The Hall–Kier alpha value is -3.24. The van der Waals surface area contributed by atoms with Crippen molar-refractivity contribution in [1.82, 2.24) is 14.3 Å². The number of aryl methyl sites for hydroxylation is 1. The van der Waals surface area contributed by atoms with Crippen LogP contribution < -0.4 is 21.3 Å². The van der Waals surface area contributed by atoms with E-state index in [0.29, 0.717) is 10.6 Å². The molecule has 1 aliphatic rings. The van der Waals surface area contributed by atoms with Gasteiger partial charge in [-0.05, 0) is 55.2 Å². The summed E-state index contributed by atoms with van der Waals surface area (Å²) in [6.45, 7) is 5.50. The molecule has 4 aromatic rings.